The molecule has 0 spiro atoms. The summed E-state index contributed by atoms with van der Waals surface area (Å²) in [6.45, 7) is 2.11. The fourth-order valence-electron chi connectivity index (χ4n) is 1.92. The molecular weight excluding hydrogens is 282 g/mol. The first-order valence-corrected chi connectivity index (χ1v) is 6.88. The molecule has 0 bridgehead atoms. The number of nitrogens with one attached hydrogen (secondary N) is 1. The van der Waals surface area contributed by atoms with Gasteiger partial charge in [0.25, 0.3) is 5.91 Å². The molecule has 1 unspecified atom stereocenters. The summed E-state index contributed by atoms with van der Waals surface area (Å²) in [5.74, 6) is -1.30. The van der Waals surface area contributed by atoms with E-state index in [2.05, 4.69) is 5.32 Å². The highest BCUT2D eigenvalue weighted by molar-refractivity contribution is 7.12. The van der Waals surface area contributed by atoms with Gasteiger partial charge in [-0.3, -0.25) is 9.59 Å². The first-order valence-electron chi connectivity index (χ1n) is 6.00. The van der Waals surface area contributed by atoms with Gasteiger partial charge < -0.3 is 19.9 Å². The maximum absolute atomic E-state index is 12.3. The Morgan fingerprint density at radius 3 is 2.65 bits per heavy atom. The highest BCUT2D eigenvalue weighted by Gasteiger charge is 2.30. The molecule has 1 rings (SSSR count). The van der Waals surface area contributed by atoms with Gasteiger partial charge in [0.05, 0.1) is 30.1 Å². The van der Waals surface area contributed by atoms with E-state index in [0.717, 1.165) is 5.56 Å². The molecule has 0 saturated heterocycles. The van der Waals surface area contributed by atoms with E-state index in [4.69, 9.17) is 14.6 Å². The molecule has 7 heteroatoms. The van der Waals surface area contributed by atoms with Crippen molar-refractivity contribution in [1.29, 1.82) is 0 Å². The minimum atomic E-state index is -0.992. The van der Waals surface area contributed by atoms with Crippen molar-refractivity contribution in [2.45, 2.75) is 25.5 Å². The number of aliphatic carboxylic acids is 1. The van der Waals surface area contributed by atoms with E-state index in [9.17, 15) is 9.59 Å². The fraction of sp³-hybridized carbons (Fsp3) is 0.538. The number of hydrogen-bond donors (Lipinski definition) is 2. The van der Waals surface area contributed by atoms with Crippen molar-refractivity contribution in [1.82, 2.24) is 5.32 Å². The number of carbonyl (C=O) groups is 2. The van der Waals surface area contributed by atoms with Crippen LogP contribution in [0.5, 0.6) is 0 Å². The topological polar surface area (TPSA) is 84.9 Å². The van der Waals surface area contributed by atoms with Crippen molar-refractivity contribution in [2.24, 2.45) is 0 Å². The molecule has 0 aliphatic carbocycles. The lowest BCUT2D eigenvalue weighted by atomic mass is 9.98. The smallest absolute Gasteiger partial charge is 0.305 e. The van der Waals surface area contributed by atoms with Crippen LogP contribution in [0.2, 0.25) is 0 Å². The van der Waals surface area contributed by atoms with Crippen LogP contribution in [-0.4, -0.2) is 43.3 Å². The third-order valence-corrected chi connectivity index (χ3v) is 3.63. The summed E-state index contributed by atoms with van der Waals surface area (Å²) < 4.78 is 10.0. The van der Waals surface area contributed by atoms with Gasteiger partial charge in [0.2, 0.25) is 0 Å². The van der Waals surface area contributed by atoms with E-state index in [1.165, 1.54) is 18.4 Å². The molecule has 0 saturated carbocycles. The average Bonchev–Trinajstić information content (AvgIpc) is 2.76. The second-order valence-corrected chi connectivity index (χ2v) is 5.64. The summed E-state index contributed by atoms with van der Waals surface area (Å²) in [7, 11) is 3.02. The monoisotopic (exact) mass is 301 g/mol. The maximum Gasteiger partial charge on any atom is 0.305 e. The van der Waals surface area contributed by atoms with Crippen LogP contribution in [0.3, 0.4) is 0 Å². The van der Waals surface area contributed by atoms with Gasteiger partial charge in [0.1, 0.15) is 0 Å². The van der Waals surface area contributed by atoms with Crippen LogP contribution in [0.25, 0.3) is 0 Å². The zero-order chi connectivity index (χ0) is 15.2. The normalized spacial score (nSPS) is 13.8. The van der Waals surface area contributed by atoms with Gasteiger partial charge in [-0.15, -0.1) is 11.3 Å². The summed E-state index contributed by atoms with van der Waals surface area (Å²) in [6.07, 6.45) is -0.211. The minimum absolute atomic E-state index is 0.121. The van der Waals surface area contributed by atoms with E-state index in [1.807, 2.05) is 6.07 Å². The van der Waals surface area contributed by atoms with Crippen molar-refractivity contribution in [2.75, 3.05) is 20.8 Å². The van der Waals surface area contributed by atoms with Crippen LogP contribution in [0.15, 0.2) is 11.4 Å². The summed E-state index contributed by atoms with van der Waals surface area (Å²) in [6, 6.07) is 1.81. The molecule has 1 amide bonds. The van der Waals surface area contributed by atoms with Crippen molar-refractivity contribution < 1.29 is 24.2 Å². The van der Waals surface area contributed by atoms with Crippen LogP contribution in [-0.2, 0) is 20.9 Å². The molecule has 6 nitrogen and oxygen atoms in total. The Hall–Kier alpha value is -1.44. The first kappa shape index (κ1) is 16.6. The molecule has 0 radical (unpaired) electrons. The van der Waals surface area contributed by atoms with Gasteiger partial charge in [-0.25, -0.2) is 0 Å². The predicted octanol–water partition coefficient (Wildman–Crippen LogP) is 1.50. The van der Waals surface area contributed by atoms with Gasteiger partial charge in [0, 0.05) is 19.8 Å². The molecule has 112 valence electrons. The number of ether oxygens (including phenoxy) is 2. The number of thiophene rings is 1. The largest absolute Gasteiger partial charge is 0.481 e. The zero-order valence-electron chi connectivity index (χ0n) is 11.8. The summed E-state index contributed by atoms with van der Waals surface area (Å²) in [5.41, 5.74) is -0.170. The van der Waals surface area contributed by atoms with Gasteiger partial charge in [-0.1, -0.05) is 0 Å². The first-order chi connectivity index (χ1) is 9.41. The number of methoxy groups -OCH3 is 2. The average molecular weight is 301 g/mol. The molecule has 1 aromatic heterocycles. The Morgan fingerprint density at radius 2 is 2.10 bits per heavy atom. The standard InChI is InChI=1S/C13H19NO5S/c1-13(8-19-3,6-10(15)16)14-12(17)11-9(7-18-2)4-5-20-11/h4-5H,6-8H2,1-3H3,(H,14,17)(H,15,16). The third kappa shape index (κ3) is 4.59. The van der Waals surface area contributed by atoms with Crippen molar-refractivity contribution in [3.05, 3.63) is 21.9 Å². The van der Waals surface area contributed by atoms with Crippen LogP contribution >= 0.6 is 11.3 Å². The Labute approximate surface area is 121 Å². The van der Waals surface area contributed by atoms with Crippen LogP contribution in [0.1, 0.15) is 28.6 Å². The molecular formula is C13H19NO5S. The molecule has 1 aromatic rings. The molecule has 1 atom stereocenters. The van der Waals surface area contributed by atoms with Gasteiger partial charge >= 0.3 is 5.97 Å². The number of carbonyl (C=O) groups excluding carboxylic acids is 1. The maximum atomic E-state index is 12.3. The molecule has 0 aliphatic heterocycles. The summed E-state index contributed by atoms with van der Waals surface area (Å²) >= 11 is 1.29. The molecule has 0 fully saturated rings. The Kier molecular flexibility index (Phi) is 6.12. The fourth-order valence-corrected chi connectivity index (χ4v) is 2.72. The molecule has 2 N–H and O–H groups in total. The number of carboxylic acids is 1. The predicted molar refractivity (Wildman–Crippen MR) is 75.0 cm³/mol. The van der Waals surface area contributed by atoms with Crippen molar-refractivity contribution in [3.8, 4) is 0 Å². The molecule has 0 aliphatic rings. The van der Waals surface area contributed by atoms with E-state index >= 15 is 0 Å². The Balaban J connectivity index is 2.84. The minimum Gasteiger partial charge on any atom is -0.481 e. The van der Waals surface area contributed by atoms with Gasteiger partial charge in [-0.05, 0) is 18.4 Å². The number of carboxylic acid groups (broad SMARTS) is 1. The van der Waals surface area contributed by atoms with Crippen LogP contribution in [0, 0.1) is 0 Å². The molecule has 0 aromatic carbocycles. The quantitative estimate of drug-likeness (QED) is 0.760. The van der Waals surface area contributed by atoms with Gasteiger partial charge in [0.15, 0.2) is 0 Å². The molecule has 20 heavy (non-hydrogen) atoms. The van der Waals surface area contributed by atoms with E-state index in [0.29, 0.717) is 11.5 Å². The molecule has 1 heterocycles. The Bertz CT molecular complexity index is 473. The summed E-state index contributed by atoms with van der Waals surface area (Å²) in [5, 5.41) is 13.5. The zero-order valence-corrected chi connectivity index (χ0v) is 12.6. The number of amides is 1. The Morgan fingerprint density at radius 1 is 1.40 bits per heavy atom. The third-order valence-electron chi connectivity index (χ3n) is 2.67. The number of hydrogen-bond acceptors (Lipinski definition) is 5. The van der Waals surface area contributed by atoms with Crippen LogP contribution < -0.4 is 5.32 Å². The van der Waals surface area contributed by atoms with E-state index < -0.39 is 11.5 Å². The van der Waals surface area contributed by atoms with Crippen molar-refractivity contribution >= 4 is 23.2 Å². The lowest BCUT2D eigenvalue weighted by Gasteiger charge is -2.28. The SMILES string of the molecule is COCc1ccsc1C(=O)NC(C)(COC)CC(=O)O. The lowest BCUT2D eigenvalue weighted by molar-refractivity contribution is -0.139. The van der Waals surface area contributed by atoms with E-state index in [-0.39, 0.29) is 18.9 Å². The second-order valence-electron chi connectivity index (χ2n) is 4.73. The van der Waals surface area contributed by atoms with E-state index in [1.54, 1.807) is 19.4 Å². The highest BCUT2D eigenvalue weighted by Crippen LogP contribution is 2.20. The summed E-state index contributed by atoms with van der Waals surface area (Å²) in [4.78, 5) is 23.7. The second kappa shape index (κ2) is 7.37. The van der Waals surface area contributed by atoms with Crippen LogP contribution in [0.4, 0.5) is 0 Å². The highest BCUT2D eigenvalue weighted by atomic mass is 32.1. The van der Waals surface area contributed by atoms with Gasteiger partial charge in [-0.2, -0.15) is 0 Å². The van der Waals surface area contributed by atoms with Crippen molar-refractivity contribution in [3.63, 3.8) is 0 Å². The lowest BCUT2D eigenvalue weighted by Crippen LogP contribution is -2.50. The number of rotatable bonds is 8.